The van der Waals surface area contributed by atoms with Crippen LogP contribution in [-0.4, -0.2) is 41.1 Å². The lowest BCUT2D eigenvalue weighted by Gasteiger charge is -2.32. The molecule has 5 nitrogen and oxygen atoms in total. The molecule has 0 aliphatic carbocycles. The van der Waals surface area contributed by atoms with Crippen LogP contribution in [-0.2, 0) is 6.54 Å². The van der Waals surface area contributed by atoms with Crippen LogP contribution in [0.25, 0.3) is 6.08 Å². The maximum absolute atomic E-state index is 12.8. The van der Waals surface area contributed by atoms with E-state index in [1.165, 1.54) is 11.5 Å². The smallest absolute Gasteiger partial charge is 0.424 e. The van der Waals surface area contributed by atoms with E-state index in [2.05, 4.69) is 18.2 Å². The highest BCUT2D eigenvalue weighted by Gasteiger charge is 2.24. The molecule has 0 aromatic heterocycles. The summed E-state index contributed by atoms with van der Waals surface area (Å²) >= 11 is 0. The van der Waals surface area contributed by atoms with E-state index < -0.39 is 7.12 Å². The molecular formula is C21H25BN2O3. The third-order valence-electron chi connectivity index (χ3n) is 5.03. The number of carbonyl (C=O) groups excluding carboxylic acids is 1. The number of amides is 1. The lowest BCUT2D eigenvalue weighted by atomic mass is 9.88. The van der Waals surface area contributed by atoms with Gasteiger partial charge in [0, 0.05) is 25.2 Å². The van der Waals surface area contributed by atoms with E-state index in [1.807, 2.05) is 23.1 Å². The molecule has 6 heteroatoms. The monoisotopic (exact) mass is 364 g/mol. The first kappa shape index (κ1) is 19.4. The van der Waals surface area contributed by atoms with Gasteiger partial charge in [-0.1, -0.05) is 48.4 Å². The van der Waals surface area contributed by atoms with Crippen LogP contribution in [0, 0.1) is 0 Å². The van der Waals surface area contributed by atoms with Crippen LogP contribution in [0.4, 0.5) is 0 Å². The number of rotatable bonds is 5. The van der Waals surface area contributed by atoms with Gasteiger partial charge >= 0.3 is 7.12 Å². The van der Waals surface area contributed by atoms with Crippen molar-refractivity contribution in [2.75, 3.05) is 13.1 Å². The predicted octanol–water partition coefficient (Wildman–Crippen LogP) is 2.19. The third kappa shape index (κ3) is 5.07. The average Bonchev–Trinajstić information content (AvgIpc) is 2.72. The largest absolute Gasteiger partial charge is 0.480 e. The van der Waals surface area contributed by atoms with Crippen LogP contribution in [0.5, 0.6) is 0 Å². The molecule has 0 radical (unpaired) electrons. The molecule has 2 aromatic carbocycles. The first-order chi connectivity index (χ1) is 13.1. The van der Waals surface area contributed by atoms with Gasteiger partial charge in [-0.15, -0.1) is 0 Å². The zero-order chi connectivity index (χ0) is 19.2. The number of carbonyl (C=O) groups is 1. The number of likely N-dealkylation sites (tertiary alicyclic amines) is 1. The van der Waals surface area contributed by atoms with Crippen LogP contribution < -0.4 is 5.73 Å². The van der Waals surface area contributed by atoms with Gasteiger partial charge in [0.2, 0.25) is 0 Å². The number of benzene rings is 2. The molecule has 2 aromatic rings. The van der Waals surface area contributed by atoms with Gasteiger partial charge in [0.25, 0.3) is 5.91 Å². The highest BCUT2D eigenvalue weighted by Crippen LogP contribution is 2.29. The number of nitrogens with two attached hydrogens (primary N) is 1. The summed E-state index contributed by atoms with van der Waals surface area (Å²) in [5.41, 5.74) is 9.57. The fourth-order valence-electron chi connectivity index (χ4n) is 3.55. The molecule has 0 saturated carbocycles. The van der Waals surface area contributed by atoms with Crippen molar-refractivity contribution in [3.05, 3.63) is 76.8 Å². The predicted molar refractivity (Wildman–Crippen MR) is 108 cm³/mol. The minimum absolute atomic E-state index is 0.0176. The quantitative estimate of drug-likeness (QED) is 0.710. The zero-order valence-electron chi connectivity index (χ0n) is 15.3. The third-order valence-corrected chi connectivity index (χ3v) is 5.03. The van der Waals surface area contributed by atoms with Crippen LogP contribution >= 0.6 is 0 Å². The van der Waals surface area contributed by atoms with Crippen LogP contribution in [0.3, 0.4) is 0 Å². The molecule has 1 heterocycles. The van der Waals surface area contributed by atoms with Crippen molar-refractivity contribution in [1.29, 1.82) is 0 Å². The standard InChI is InChI=1S/C21H25BN2O3/c23-15-17-4-2-5-19(14-17)18-8-11-24(12-9-18)21(25)20-6-1-3-16(13-20)7-10-22(26)27/h1-7,10,13-14,18,26-27H,8-9,11-12,15,23H2. The van der Waals surface area contributed by atoms with Gasteiger partial charge in [-0.3, -0.25) is 4.79 Å². The Bertz CT molecular complexity index is 815. The summed E-state index contributed by atoms with van der Waals surface area (Å²) in [6.07, 6.45) is 3.48. The Labute approximate surface area is 160 Å². The fourth-order valence-corrected chi connectivity index (χ4v) is 3.55. The molecule has 27 heavy (non-hydrogen) atoms. The van der Waals surface area contributed by atoms with Gasteiger partial charge in [-0.25, -0.2) is 0 Å². The second-order valence-corrected chi connectivity index (χ2v) is 6.91. The number of nitrogens with zero attached hydrogens (tertiary/aromatic N) is 1. The van der Waals surface area contributed by atoms with E-state index >= 15 is 0 Å². The first-order valence-corrected chi connectivity index (χ1v) is 9.29. The molecule has 3 rings (SSSR count). The van der Waals surface area contributed by atoms with Crippen molar-refractivity contribution in [2.24, 2.45) is 5.73 Å². The van der Waals surface area contributed by atoms with Gasteiger partial charge < -0.3 is 20.7 Å². The van der Waals surface area contributed by atoms with Crippen LogP contribution in [0.15, 0.2) is 54.5 Å². The zero-order valence-corrected chi connectivity index (χ0v) is 15.3. The van der Waals surface area contributed by atoms with E-state index in [0.29, 0.717) is 18.0 Å². The summed E-state index contributed by atoms with van der Waals surface area (Å²) in [6, 6.07) is 15.6. The minimum Gasteiger partial charge on any atom is -0.424 e. The van der Waals surface area contributed by atoms with Crippen molar-refractivity contribution in [2.45, 2.75) is 25.3 Å². The molecule has 1 amide bonds. The molecule has 0 spiro atoms. The SMILES string of the molecule is NCc1cccc(C2CCN(C(=O)c3cccc(C=CB(O)O)c3)CC2)c1. The Balaban J connectivity index is 1.64. The number of hydrogen-bond acceptors (Lipinski definition) is 4. The summed E-state index contributed by atoms with van der Waals surface area (Å²) in [5.74, 6) is 1.75. The van der Waals surface area contributed by atoms with E-state index in [4.69, 9.17) is 15.8 Å². The molecule has 140 valence electrons. The summed E-state index contributed by atoms with van der Waals surface area (Å²) < 4.78 is 0. The highest BCUT2D eigenvalue weighted by molar-refractivity contribution is 6.48. The Kier molecular flexibility index (Phi) is 6.45. The lowest BCUT2D eigenvalue weighted by Crippen LogP contribution is -2.37. The number of hydrogen-bond donors (Lipinski definition) is 3. The van der Waals surface area contributed by atoms with Crippen molar-refractivity contribution in [3.8, 4) is 0 Å². The minimum atomic E-state index is -1.50. The van der Waals surface area contributed by atoms with Gasteiger partial charge in [0.15, 0.2) is 0 Å². The van der Waals surface area contributed by atoms with Crippen molar-refractivity contribution < 1.29 is 14.8 Å². The average molecular weight is 364 g/mol. The van der Waals surface area contributed by atoms with Gasteiger partial charge in [-0.05, 0) is 47.6 Å². The van der Waals surface area contributed by atoms with Crippen LogP contribution in [0.1, 0.15) is 45.8 Å². The van der Waals surface area contributed by atoms with Crippen LogP contribution in [0.2, 0.25) is 0 Å². The molecule has 1 aliphatic rings. The van der Waals surface area contributed by atoms with E-state index in [-0.39, 0.29) is 5.91 Å². The molecule has 1 fully saturated rings. The Morgan fingerprint density at radius 2 is 1.89 bits per heavy atom. The van der Waals surface area contributed by atoms with Crippen molar-refractivity contribution >= 4 is 19.1 Å². The molecule has 0 unspecified atom stereocenters. The summed E-state index contributed by atoms with van der Waals surface area (Å²) in [7, 11) is -1.50. The first-order valence-electron chi connectivity index (χ1n) is 9.29. The summed E-state index contributed by atoms with van der Waals surface area (Å²) in [4.78, 5) is 14.7. The lowest BCUT2D eigenvalue weighted by molar-refractivity contribution is 0.0713. The van der Waals surface area contributed by atoms with E-state index in [0.717, 1.165) is 37.1 Å². The summed E-state index contributed by atoms with van der Waals surface area (Å²) in [6.45, 7) is 2.00. The number of piperidine rings is 1. The topological polar surface area (TPSA) is 86.8 Å². The van der Waals surface area contributed by atoms with Crippen molar-refractivity contribution in [3.63, 3.8) is 0 Å². The fraction of sp³-hybridized carbons (Fsp3) is 0.286. The second kappa shape index (κ2) is 8.99. The summed E-state index contributed by atoms with van der Waals surface area (Å²) in [5, 5.41) is 17.9. The molecule has 0 bridgehead atoms. The Morgan fingerprint density at radius 3 is 2.59 bits per heavy atom. The van der Waals surface area contributed by atoms with Gasteiger partial charge in [0.05, 0.1) is 0 Å². The Morgan fingerprint density at radius 1 is 1.15 bits per heavy atom. The maximum Gasteiger partial charge on any atom is 0.480 e. The molecule has 1 aliphatic heterocycles. The van der Waals surface area contributed by atoms with E-state index in [1.54, 1.807) is 18.2 Å². The molecular weight excluding hydrogens is 339 g/mol. The normalized spacial score (nSPS) is 15.3. The maximum atomic E-state index is 12.8. The highest BCUT2D eigenvalue weighted by atomic mass is 16.4. The van der Waals surface area contributed by atoms with Gasteiger partial charge in [-0.2, -0.15) is 0 Å². The molecule has 1 saturated heterocycles. The Hall–Kier alpha value is -2.41. The van der Waals surface area contributed by atoms with Crippen molar-refractivity contribution in [1.82, 2.24) is 4.90 Å². The molecule has 4 N–H and O–H groups in total. The second-order valence-electron chi connectivity index (χ2n) is 6.91. The molecule has 0 atom stereocenters. The van der Waals surface area contributed by atoms with Gasteiger partial charge in [0.1, 0.15) is 0 Å². The van der Waals surface area contributed by atoms with E-state index in [9.17, 15) is 4.79 Å².